The van der Waals surface area contributed by atoms with Crippen molar-refractivity contribution in [1.29, 1.82) is 0 Å². The fourth-order valence-electron chi connectivity index (χ4n) is 3.10. The van der Waals surface area contributed by atoms with E-state index in [-0.39, 0.29) is 10.8 Å². The number of fused-ring (bicyclic) bond motifs is 1. The Morgan fingerprint density at radius 1 is 1.04 bits per heavy atom. The molecule has 3 aromatic rings. The van der Waals surface area contributed by atoms with Crippen molar-refractivity contribution < 1.29 is 9.58 Å². The summed E-state index contributed by atoms with van der Waals surface area (Å²) in [5.74, 6) is 0.652. The van der Waals surface area contributed by atoms with Crippen molar-refractivity contribution in [3.63, 3.8) is 0 Å². The van der Waals surface area contributed by atoms with Crippen LogP contribution in [0.25, 0.3) is 16.7 Å². The van der Waals surface area contributed by atoms with Gasteiger partial charge in [0.15, 0.2) is 11.4 Å². The Hall–Kier alpha value is -2.27. The van der Waals surface area contributed by atoms with Crippen LogP contribution in [-0.4, -0.2) is 17.0 Å². The SMILES string of the molecule is COc1c(-n2nc3ccc(Cl)cc3[n+]2[O-])cc(C(C)(C)C)cc1C(C)(C)C. The molecule has 0 aliphatic rings. The summed E-state index contributed by atoms with van der Waals surface area (Å²) in [5, 5.41) is 18.0. The number of hydrogen-bond donors (Lipinski definition) is 0. The van der Waals surface area contributed by atoms with E-state index in [2.05, 4.69) is 52.7 Å². The lowest BCUT2D eigenvalue weighted by atomic mass is 9.79. The van der Waals surface area contributed by atoms with Crippen LogP contribution in [-0.2, 0) is 10.8 Å². The second kappa shape index (κ2) is 6.41. The molecule has 0 bridgehead atoms. The van der Waals surface area contributed by atoms with Gasteiger partial charge in [-0.05, 0) is 39.4 Å². The van der Waals surface area contributed by atoms with Gasteiger partial charge in [0.2, 0.25) is 11.0 Å². The van der Waals surface area contributed by atoms with Crippen LogP contribution < -0.4 is 9.58 Å². The van der Waals surface area contributed by atoms with Gasteiger partial charge in [-0.25, -0.2) is 0 Å². The summed E-state index contributed by atoms with van der Waals surface area (Å²) in [6.07, 6.45) is 0. The Morgan fingerprint density at radius 3 is 2.26 bits per heavy atom. The standard InChI is InChI=1S/C21H26ClN3O2/c1-20(2,3)13-10-15(21(4,5)6)19(27-7)18(11-13)24-23-16-9-8-14(22)12-17(16)25(24)26/h8-12H,1-7H3. The molecule has 0 N–H and O–H groups in total. The number of halogens is 1. The molecule has 0 aliphatic carbocycles. The van der Waals surface area contributed by atoms with Crippen molar-refractivity contribution in [2.45, 2.75) is 52.4 Å². The summed E-state index contributed by atoms with van der Waals surface area (Å²) < 4.78 is 5.76. The van der Waals surface area contributed by atoms with Crippen LogP contribution >= 0.6 is 11.6 Å². The first-order chi connectivity index (χ1) is 12.4. The lowest BCUT2D eigenvalue weighted by Crippen LogP contribution is -2.37. The van der Waals surface area contributed by atoms with Gasteiger partial charge >= 0.3 is 0 Å². The van der Waals surface area contributed by atoms with Gasteiger partial charge in [0, 0.05) is 16.7 Å². The number of nitrogens with zero attached hydrogens (tertiary/aromatic N) is 3. The molecule has 0 radical (unpaired) electrons. The lowest BCUT2D eigenvalue weighted by molar-refractivity contribution is -0.664. The maximum atomic E-state index is 13.0. The minimum atomic E-state index is -0.162. The van der Waals surface area contributed by atoms with Crippen LogP contribution in [0.2, 0.25) is 5.02 Å². The van der Waals surface area contributed by atoms with Crippen LogP contribution in [0.15, 0.2) is 30.3 Å². The van der Waals surface area contributed by atoms with Crippen LogP contribution in [0.3, 0.4) is 0 Å². The van der Waals surface area contributed by atoms with Crippen LogP contribution in [0.4, 0.5) is 0 Å². The minimum absolute atomic E-state index is 0.0926. The first-order valence-corrected chi connectivity index (χ1v) is 9.33. The Labute approximate surface area is 165 Å². The normalized spacial score (nSPS) is 12.6. The van der Waals surface area contributed by atoms with Crippen molar-refractivity contribution in [3.05, 3.63) is 51.7 Å². The van der Waals surface area contributed by atoms with Gasteiger partial charge in [-0.1, -0.05) is 59.2 Å². The fourth-order valence-corrected chi connectivity index (χ4v) is 3.26. The summed E-state index contributed by atoms with van der Waals surface area (Å²) in [5.41, 5.74) is 3.51. The monoisotopic (exact) mass is 387 g/mol. The van der Waals surface area contributed by atoms with Crippen molar-refractivity contribution in [1.82, 2.24) is 9.90 Å². The zero-order chi connectivity index (χ0) is 20.1. The molecule has 0 spiro atoms. The van der Waals surface area contributed by atoms with Gasteiger partial charge in [0.1, 0.15) is 0 Å². The molecular weight excluding hydrogens is 362 g/mol. The fraction of sp³-hybridized carbons (Fsp3) is 0.429. The zero-order valence-electron chi connectivity index (χ0n) is 16.9. The Balaban J connectivity index is 2.40. The van der Waals surface area contributed by atoms with Crippen molar-refractivity contribution in [2.75, 3.05) is 7.11 Å². The maximum Gasteiger partial charge on any atom is 0.250 e. The average Bonchev–Trinajstić information content (AvgIpc) is 2.88. The van der Waals surface area contributed by atoms with E-state index in [9.17, 15) is 5.21 Å². The Morgan fingerprint density at radius 2 is 1.70 bits per heavy atom. The van der Waals surface area contributed by atoms with Gasteiger partial charge in [-0.3, -0.25) is 0 Å². The number of benzene rings is 2. The molecule has 0 fully saturated rings. The smallest absolute Gasteiger partial charge is 0.250 e. The molecule has 1 heterocycles. The summed E-state index contributed by atoms with van der Waals surface area (Å²) in [6.45, 7) is 12.8. The summed E-state index contributed by atoms with van der Waals surface area (Å²) >= 11 is 6.06. The largest absolute Gasteiger partial charge is 0.692 e. The van der Waals surface area contributed by atoms with Gasteiger partial charge < -0.3 is 9.94 Å². The Kier molecular flexibility index (Phi) is 4.63. The van der Waals surface area contributed by atoms with Gasteiger partial charge in [0.25, 0.3) is 0 Å². The van der Waals surface area contributed by atoms with Gasteiger partial charge in [-0.15, -0.1) is 4.85 Å². The molecule has 0 amide bonds. The number of hydrogen-bond acceptors (Lipinski definition) is 3. The first-order valence-electron chi connectivity index (χ1n) is 8.95. The summed E-state index contributed by atoms with van der Waals surface area (Å²) in [4.78, 5) is 2.11. The lowest BCUT2D eigenvalue weighted by Gasteiger charge is -2.28. The van der Waals surface area contributed by atoms with E-state index in [1.807, 2.05) is 6.07 Å². The number of methoxy groups -OCH3 is 1. The van der Waals surface area contributed by atoms with E-state index < -0.39 is 0 Å². The minimum Gasteiger partial charge on any atom is -0.692 e. The summed E-state index contributed by atoms with van der Waals surface area (Å²) in [7, 11) is 1.63. The number of aromatic nitrogens is 3. The predicted molar refractivity (Wildman–Crippen MR) is 109 cm³/mol. The molecule has 5 nitrogen and oxygen atoms in total. The molecule has 0 atom stereocenters. The third-order valence-corrected chi connectivity index (χ3v) is 4.92. The van der Waals surface area contributed by atoms with Crippen molar-refractivity contribution in [3.8, 4) is 11.4 Å². The highest BCUT2D eigenvalue weighted by atomic mass is 35.5. The molecule has 0 saturated heterocycles. The second-order valence-electron chi connectivity index (χ2n) is 8.87. The van der Waals surface area contributed by atoms with E-state index in [1.165, 1.54) is 4.80 Å². The zero-order valence-corrected chi connectivity index (χ0v) is 17.7. The average molecular weight is 388 g/mol. The van der Waals surface area contributed by atoms with Gasteiger partial charge in [0.05, 0.1) is 12.2 Å². The highest BCUT2D eigenvalue weighted by Gasteiger charge is 2.29. The highest BCUT2D eigenvalue weighted by Crippen LogP contribution is 2.39. The van der Waals surface area contributed by atoms with Crippen LogP contribution in [0.5, 0.6) is 5.75 Å². The molecule has 1 aromatic heterocycles. The molecular formula is C21H26ClN3O2. The van der Waals surface area contributed by atoms with E-state index in [4.69, 9.17) is 16.3 Å². The Bertz CT molecular complexity index is 1010. The van der Waals surface area contributed by atoms with Crippen LogP contribution in [0.1, 0.15) is 52.7 Å². The van der Waals surface area contributed by atoms with E-state index in [0.29, 0.717) is 27.5 Å². The van der Waals surface area contributed by atoms with Crippen molar-refractivity contribution >= 4 is 22.6 Å². The highest BCUT2D eigenvalue weighted by molar-refractivity contribution is 6.31. The molecule has 144 valence electrons. The van der Waals surface area contributed by atoms with E-state index in [0.717, 1.165) is 16.0 Å². The van der Waals surface area contributed by atoms with Gasteiger partial charge in [-0.2, -0.15) is 0 Å². The second-order valence-corrected chi connectivity index (χ2v) is 9.31. The predicted octanol–water partition coefficient (Wildman–Crippen LogP) is 4.92. The third kappa shape index (κ3) is 3.48. The molecule has 27 heavy (non-hydrogen) atoms. The number of ether oxygens (including phenoxy) is 1. The van der Waals surface area contributed by atoms with Crippen molar-refractivity contribution in [2.24, 2.45) is 0 Å². The molecule has 3 rings (SSSR count). The molecule has 0 unspecified atom stereocenters. The van der Waals surface area contributed by atoms with E-state index >= 15 is 0 Å². The maximum absolute atomic E-state index is 13.0. The molecule has 2 aromatic carbocycles. The topological polar surface area (TPSA) is 54.0 Å². The third-order valence-electron chi connectivity index (χ3n) is 4.68. The molecule has 0 aliphatic heterocycles. The quantitative estimate of drug-likeness (QED) is 0.463. The molecule has 0 saturated carbocycles. The molecule has 6 heteroatoms. The van der Waals surface area contributed by atoms with E-state index in [1.54, 1.807) is 25.3 Å². The first kappa shape index (κ1) is 19.5. The number of rotatable bonds is 2. The summed E-state index contributed by atoms with van der Waals surface area (Å²) in [6, 6.07) is 9.24. The van der Waals surface area contributed by atoms with Crippen LogP contribution in [0, 0.1) is 5.21 Å².